The van der Waals surface area contributed by atoms with Crippen LogP contribution in [0.1, 0.15) is 20.8 Å². The molecule has 0 fully saturated rings. The highest BCUT2D eigenvalue weighted by molar-refractivity contribution is 9.12. The molecule has 1 rings (SSSR count). The molecule has 0 radical (unpaired) electrons. The van der Waals surface area contributed by atoms with Crippen LogP contribution in [0.5, 0.6) is 0 Å². The highest BCUT2D eigenvalue weighted by Crippen LogP contribution is 2.71. The first kappa shape index (κ1) is 19.1. The fraction of sp³-hybridized carbons (Fsp3) is 0.538. The van der Waals surface area contributed by atoms with E-state index in [9.17, 15) is 9.13 Å². The second kappa shape index (κ2) is 8.61. The topological polar surface area (TPSA) is 61.8 Å². The maximum atomic E-state index is 13.3. The Kier molecular flexibility index (Phi) is 7.83. The van der Waals surface area contributed by atoms with Crippen LogP contribution in [-0.2, 0) is 22.7 Å². The van der Waals surface area contributed by atoms with Crippen molar-refractivity contribution in [2.24, 2.45) is 0 Å². The van der Waals surface area contributed by atoms with Gasteiger partial charge in [-0.15, -0.1) is 0 Å². The summed E-state index contributed by atoms with van der Waals surface area (Å²) in [6.45, 7) is 5.77. The molecule has 0 spiro atoms. The molecule has 0 aromatic heterocycles. The maximum absolute atomic E-state index is 13.3. The van der Waals surface area contributed by atoms with Crippen molar-refractivity contribution in [2.75, 3.05) is 19.8 Å². The highest BCUT2D eigenvalue weighted by atomic mass is 79.9. The van der Waals surface area contributed by atoms with E-state index in [2.05, 4.69) is 15.9 Å². The van der Waals surface area contributed by atoms with E-state index in [1.165, 1.54) is 0 Å². The van der Waals surface area contributed by atoms with Crippen LogP contribution >= 0.6 is 30.9 Å². The van der Waals surface area contributed by atoms with Crippen LogP contribution in [0.25, 0.3) is 0 Å². The lowest BCUT2D eigenvalue weighted by atomic mass is 10.4. The van der Waals surface area contributed by atoms with Gasteiger partial charge in [-0.3, -0.25) is 9.13 Å². The van der Waals surface area contributed by atoms with E-state index in [4.69, 9.17) is 13.6 Å². The predicted octanol–water partition coefficient (Wildman–Crippen LogP) is 4.57. The fourth-order valence-corrected chi connectivity index (χ4v) is 8.59. The van der Waals surface area contributed by atoms with Crippen molar-refractivity contribution in [3.8, 4) is 0 Å². The molecule has 120 valence electrons. The lowest BCUT2D eigenvalue weighted by Gasteiger charge is -2.28. The van der Waals surface area contributed by atoms with Crippen LogP contribution in [-0.4, -0.2) is 24.1 Å². The minimum atomic E-state index is -3.60. The average molecular weight is 399 g/mol. The van der Waals surface area contributed by atoms with Gasteiger partial charge in [-0.2, -0.15) is 0 Å². The molecule has 2 atom stereocenters. The third-order valence-corrected chi connectivity index (χ3v) is 11.5. The van der Waals surface area contributed by atoms with E-state index in [-0.39, 0.29) is 19.8 Å². The van der Waals surface area contributed by atoms with Crippen molar-refractivity contribution >= 4 is 36.2 Å². The summed E-state index contributed by atoms with van der Waals surface area (Å²) in [6.07, 6.45) is 0. The first-order chi connectivity index (χ1) is 9.94. The van der Waals surface area contributed by atoms with Crippen molar-refractivity contribution in [1.29, 1.82) is 0 Å². The van der Waals surface area contributed by atoms with Gasteiger partial charge in [-0.1, -0.05) is 34.1 Å². The Morgan fingerprint density at radius 2 is 1.43 bits per heavy atom. The first-order valence-corrected chi connectivity index (χ1v) is 11.0. The quantitative estimate of drug-likeness (QED) is 0.450. The molecule has 1 aromatic rings. The van der Waals surface area contributed by atoms with Crippen LogP contribution in [0.3, 0.4) is 0 Å². The van der Waals surface area contributed by atoms with Gasteiger partial charge < -0.3 is 13.6 Å². The van der Waals surface area contributed by atoms with Gasteiger partial charge in [0.15, 0.2) is 4.31 Å². The molecule has 0 bridgehead atoms. The van der Waals surface area contributed by atoms with Gasteiger partial charge in [0.2, 0.25) is 0 Å². The van der Waals surface area contributed by atoms with E-state index in [0.29, 0.717) is 5.30 Å². The molecule has 0 amide bonds. The summed E-state index contributed by atoms with van der Waals surface area (Å²) in [6, 6.07) is 8.70. The van der Waals surface area contributed by atoms with Crippen molar-refractivity contribution < 1.29 is 22.7 Å². The van der Waals surface area contributed by atoms with Crippen molar-refractivity contribution in [3.05, 3.63) is 30.3 Å². The normalized spacial score (nSPS) is 16.4. The zero-order chi connectivity index (χ0) is 15.9. The number of benzene rings is 1. The second-order valence-electron chi connectivity index (χ2n) is 4.04. The zero-order valence-corrected chi connectivity index (χ0v) is 15.8. The number of hydrogen-bond acceptors (Lipinski definition) is 5. The molecule has 8 heteroatoms. The van der Waals surface area contributed by atoms with E-state index < -0.39 is 19.3 Å². The van der Waals surface area contributed by atoms with Gasteiger partial charge in [0.1, 0.15) is 0 Å². The molecule has 0 saturated carbocycles. The molecule has 1 aromatic carbocycles. The SMILES string of the molecule is CCOP(=O)(OCC)[C@H](Br)[P@@](=O)(OCC)c1ccccc1. The Hall–Kier alpha value is 0.0400. The number of hydrogen-bond donors (Lipinski definition) is 0. The molecule has 5 nitrogen and oxygen atoms in total. The molecule has 0 aliphatic rings. The molecule has 0 heterocycles. The highest BCUT2D eigenvalue weighted by Gasteiger charge is 2.48. The Labute approximate surface area is 134 Å². The summed E-state index contributed by atoms with van der Waals surface area (Å²) < 4.78 is 41.2. The molecular formula is C13H21BrO5P2. The van der Waals surface area contributed by atoms with Crippen LogP contribution in [0.4, 0.5) is 0 Å². The van der Waals surface area contributed by atoms with E-state index >= 15 is 0 Å². The molecule has 21 heavy (non-hydrogen) atoms. The van der Waals surface area contributed by atoms with Crippen LogP contribution in [0, 0.1) is 0 Å². The summed E-state index contributed by atoms with van der Waals surface area (Å²) in [5.41, 5.74) is 0. The minimum Gasteiger partial charge on any atom is -0.324 e. The minimum absolute atomic E-state index is 0.195. The van der Waals surface area contributed by atoms with Gasteiger partial charge in [0.25, 0.3) is 7.37 Å². The summed E-state index contributed by atoms with van der Waals surface area (Å²) in [7, 11) is -7.04. The number of halogens is 1. The van der Waals surface area contributed by atoms with Gasteiger partial charge in [0.05, 0.1) is 19.8 Å². The monoisotopic (exact) mass is 398 g/mol. The molecular weight excluding hydrogens is 378 g/mol. The number of alkyl halides is 1. The third-order valence-electron chi connectivity index (χ3n) is 2.60. The largest absolute Gasteiger partial charge is 0.354 e. The standard InChI is InChI=1S/C13H21BrO5P2/c1-4-17-20(15,12-10-8-7-9-11-12)13(14)21(16,18-5-2)19-6-3/h7-11,13H,4-6H2,1-3H3/t13-,20+/m1/s1. The van der Waals surface area contributed by atoms with Crippen molar-refractivity contribution in [3.63, 3.8) is 0 Å². The average Bonchev–Trinajstić information content (AvgIpc) is 2.48. The van der Waals surface area contributed by atoms with Crippen molar-refractivity contribution in [2.45, 2.75) is 25.1 Å². The summed E-state index contributed by atoms with van der Waals surface area (Å²) in [4.78, 5) is 0. The smallest absolute Gasteiger partial charge is 0.324 e. The molecule has 0 aliphatic carbocycles. The van der Waals surface area contributed by atoms with Crippen molar-refractivity contribution in [1.82, 2.24) is 0 Å². The summed E-state index contributed by atoms with van der Waals surface area (Å²) in [5, 5.41) is 0.480. The van der Waals surface area contributed by atoms with Crippen LogP contribution in [0.15, 0.2) is 30.3 Å². The van der Waals surface area contributed by atoms with Gasteiger partial charge >= 0.3 is 7.60 Å². The van der Waals surface area contributed by atoms with E-state index in [1.807, 2.05) is 6.07 Å². The Morgan fingerprint density at radius 3 is 1.86 bits per heavy atom. The zero-order valence-electron chi connectivity index (χ0n) is 12.4. The molecule has 0 N–H and O–H groups in total. The van der Waals surface area contributed by atoms with Gasteiger partial charge in [-0.25, -0.2) is 0 Å². The third kappa shape index (κ3) is 4.51. The maximum Gasteiger partial charge on any atom is 0.354 e. The Balaban J connectivity index is 3.26. The van der Waals surface area contributed by atoms with Crippen LogP contribution in [0.2, 0.25) is 0 Å². The summed E-state index contributed by atoms with van der Waals surface area (Å²) >= 11 is 3.26. The van der Waals surface area contributed by atoms with Crippen LogP contribution < -0.4 is 5.30 Å². The van der Waals surface area contributed by atoms with Gasteiger partial charge in [-0.05, 0) is 32.9 Å². The van der Waals surface area contributed by atoms with Gasteiger partial charge in [0, 0.05) is 5.30 Å². The number of rotatable bonds is 9. The molecule has 0 saturated heterocycles. The predicted molar refractivity (Wildman–Crippen MR) is 88.9 cm³/mol. The Bertz CT molecular complexity index is 513. The van der Waals surface area contributed by atoms with E-state index in [1.54, 1.807) is 45.0 Å². The lowest BCUT2D eigenvalue weighted by molar-refractivity contribution is 0.221. The Morgan fingerprint density at radius 1 is 0.952 bits per heavy atom. The first-order valence-electron chi connectivity index (χ1n) is 6.77. The fourth-order valence-electron chi connectivity index (χ4n) is 1.79. The lowest BCUT2D eigenvalue weighted by Crippen LogP contribution is -2.18. The molecule has 0 unspecified atom stereocenters. The molecule has 0 aliphatic heterocycles. The summed E-state index contributed by atoms with van der Waals surface area (Å²) in [5.74, 6) is 0. The van der Waals surface area contributed by atoms with E-state index in [0.717, 1.165) is 0 Å². The second-order valence-corrected chi connectivity index (χ2v) is 11.4.